The van der Waals surface area contributed by atoms with Crippen molar-refractivity contribution in [1.29, 1.82) is 0 Å². The Labute approximate surface area is 102 Å². The summed E-state index contributed by atoms with van der Waals surface area (Å²) in [5, 5.41) is 2.43. The van der Waals surface area contributed by atoms with Crippen LogP contribution in [-0.4, -0.2) is 17.4 Å². The molecule has 0 spiro atoms. The number of rotatable bonds is 3. The second-order valence-corrected chi connectivity index (χ2v) is 3.51. The van der Waals surface area contributed by atoms with E-state index in [1.54, 1.807) is 0 Å². The number of nitrogens with zero attached hydrogens (tertiary/aromatic N) is 1. The van der Waals surface area contributed by atoms with Crippen molar-refractivity contribution in [3.63, 3.8) is 0 Å². The predicted octanol–water partition coefficient (Wildman–Crippen LogP) is 1.83. The molecule has 0 aromatic carbocycles. The number of nitrogens with one attached hydrogen (secondary N) is 1. The molecule has 0 saturated heterocycles. The van der Waals surface area contributed by atoms with Crippen molar-refractivity contribution in [1.82, 2.24) is 10.3 Å². The van der Waals surface area contributed by atoms with Crippen LogP contribution < -0.4 is 11.1 Å². The smallest absolute Gasteiger partial charge is 0.384 e. The maximum Gasteiger partial charge on any atom is 0.434 e. The Kier molecular flexibility index (Phi) is 4.30. The second kappa shape index (κ2) is 5.52. The first-order valence-electron chi connectivity index (χ1n) is 5.05. The van der Waals surface area contributed by atoms with E-state index in [9.17, 15) is 18.0 Å². The van der Waals surface area contributed by atoms with Gasteiger partial charge in [0.15, 0.2) is 5.69 Å². The molecule has 1 rings (SSSR count). The highest BCUT2D eigenvalue weighted by atomic mass is 19.4. The van der Waals surface area contributed by atoms with Crippen molar-refractivity contribution >= 4 is 17.8 Å². The molecule has 0 saturated carbocycles. The van der Waals surface area contributed by atoms with Crippen LogP contribution in [0.4, 0.5) is 19.0 Å². The first kappa shape index (κ1) is 14.0. The van der Waals surface area contributed by atoms with E-state index in [0.717, 1.165) is 0 Å². The van der Waals surface area contributed by atoms with Crippen LogP contribution in [0.5, 0.6) is 0 Å². The van der Waals surface area contributed by atoms with Crippen LogP contribution in [0, 0.1) is 0 Å². The lowest BCUT2D eigenvalue weighted by molar-refractivity contribution is -0.141. The number of pyridine rings is 1. The number of anilines is 1. The van der Waals surface area contributed by atoms with Crippen molar-refractivity contribution < 1.29 is 18.0 Å². The van der Waals surface area contributed by atoms with Crippen LogP contribution in [0.15, 0.2) is 18.2 Å². The first-order chi connectivity index (χ1) is 8.30. The number of alkyl halides is 3. The average Bonchev–Trinajstić information content (AvgIpc) is 2.24. The summed E-state index contributed by atoms with van der Waals surface area (Å²) in [6.45, 7) is 1.47. The molecule has 1 heterocycles. The van der Waals surface area contributed by atoms with Gasteiger partial charge in [-0.2, -0.15) is 13.2 Å². The fourth-order valence-corrected chi connectivity index (χ4v) is 1.24. The summed E-state index contributed by atoms with van der Waals surface area (Å²) < 4.78 is 37.9. The average molecular weight is 259 g/mol. The van der Waals surface area contributed by atoms with E-state index in [1.165, 1.54) is 31.2 Å². The maximum absolute atomic E-state index is 12.6. The molecule has 0 unspecified atom stereocenters. The predicted molar refractivity (Wildman–Crippen MR) is 61.4 cm³/mol. The number of carbonyl (C=O) groups is 1. The Morgan fingerprint density at radius 2 is 2.17 bits per heavy atom. The molecule has 4 nitrogen and oxygen atoms in total. The lowest BCUT2D eigenvalue weighted by atomic mass is 10.1. The van der Waals surface area contributed by atoms with Gasteiger partial charge in [0.2, 0.25) is 5.91 Å². The van der Waals surface area contributed by atoms with E-state index in [4.69, 9.17) is 5.73 Å². The number of nitrogen functional groups attached to an aromatic ring is 1. The van der Waals surface area contributed by atoms with E-state index in [0.29, 0.717) is 0 Å². The van der Waals surface area contributed by atoms with Crippen molar-refractivity contribution in [2.75, 3.05) is 12.3 Å². The van der Waals surface area contributed by atoms with Gasteiger partial charge < -0.3 is 11.1 Å². The zero-order chi connectivity index (χ0) is 13.8. The number of aromatic nitrogens is 1. The third-order valence-corrected chi connectivity index (χ3v) is 1.98. The molecular formula is C11H12F3N3O. The molecule has 1 aromatic rings. The van der Waals surface area contributed by atoms with Crippen LogP contribution in [0.3, 0.4) is 0 Å². The first-order valence-corrected chi connectivity index (χ1v) is 5.05. The molecule has 0 radical (unpaired) electrons. The van der Waals surface area contributed by atoms with Gasteiger partial charge in [-0.05, 0) is 12.1 Å². The molecular weight excluding hydrogens is 247 g/mol. The molecule has 0 atom stereocenters. The minimum absolute atomic E-state index is 0.0953. The highest BCUT2D eigenvalue weighted by Gasteiger charge is 2.34. The summed E-state index contributed by atoms with van der Waals surface area (Å²) in [5.41, 5.74) is 4.09. The molecule has 1 amide bonds. The summed E-state index contributed by atoms with van der Waals surface area (Å²) in [4.78, 5) is 13.8. The van der Waals surface area contributed by atoms with E-state index in [-0.39, 0.29) is 23.8 Å². The number of halogens is 3. The topological polar surface area (TPSA) is 68.0 Å². The van der Waals surface area contributed by atoms with Gasteiger partial charge in [-0.15, -0.1) is 0 Å². The largest absolute Gasteiger partial charge is 0.434 e. The standard InChI is InChI=1S/C11H12F3N3O/c1-7(18)16-6-2-3-8-4-5-9(15)17-10(8)11(12,13)14/h2-5H,6H2,1H3,(H2,15,17)(H,16,18). The highest BCUT2D eigenvalue weighted by Crippen LogP contribution is 2.31. The summed E-state index contributed by atoms with van der Waals surface area (Å²) in [6, 6.07) is 2.52. The van der Waals surface area contributed by atoms with Gasteiger partial charge in [-0.1, -0.05) is 12.2 Å². The van der Waals surface area contributed by atoms with Gasteiger partial charge in [0, 0.05) is 19.0 Å². The molecule has 7 heteroatoms. The van der Waals surface area contributed by atoms with Crippen molar-refractivity contribution in [3.8, 4) is 0 Å². The van der Waals surface area contributed by atoms with Crippen LogP contribution >= 0.6 is 0 Å². The number of nitrogens with two attached hydrogens (primary N) is 1. The van der Waals surface area contributed by atoms with Crippen LogP contribution in [-0.2, 0) is 11.0 Å². The monoisotopic (exact) mass is 259 g/mol. The number of hydrogen-bond donors (Lipinski definition) is 2. The number of amides is 1. The summed E-state index contributed by atoms with van der Waals surface area (Å²) in [5.74, 6) is -0.451. The molecule has 0 bridgehead atoms. The fraction of sp³-hybridized carbons (Fsp3) is 0.273. The second-order valence-electron chi connectivity index (χ2n) is 3.51. The minimum Gasteiger partial charge on any atom is -0.384 e. The Hall–Kier alpha value is -2.05. The van der Waals surface area contributed by atoms with Gasteiger partial charge in [0.05, 0.1) is 0 Å². The van der Waals surface area contributed by atoms with Crippen molar-refractivity contribution in [3.05, 3.63) is 29.5 Å². The molecule has 18 heavy (non-hydrogen) atoms. The van der Waals surface area contributed by atoms with Crippen LogP contribution in [0.1, 0.15) is 18.2 Å². The third-order valence-electron chi connectivity index (χ3n) is 1.98. The SMILES string of the molecule is CC(=O)NCC=Cc1ccc(N)nc1C(F)(F)F. The quantitative estimate of drug-likeness (QED) is 0.870. The van der Waals surface area contributed by atoms with E-state index < -0.39 is 11.9 Å². The Morgan fingerprint density at radius 1 is 1.50 bits per heavy atom. The van der Waals surface area contributed by atoms with Gasteiger partial charge in [0.25, 0.3) is 0 Å². The summed E-state index contributed by atoms with van der Waals surface area (Å²) in [6.07, 6.45) is -1.92. The van der Waals surface area contributed by atoms with Crippen LogP contribution in [0.25, 0.3) is 6.08 Å². The molecule has 1 aromatic heterocycles. The van der Waals surface area contributed by atoms with E-state index in [1.807, 2.05) is 0 Å². The Morgan fingerprint density at radius 3 is 2.72 bits per heavy atom. The normalized spacial score (nSPS) is 11.8. The zero-order valence-corrected chi connectivity index (χ0v) is 9.58. The molecule has 98 valence electrons. The summed E-state index contributed by atoms with van der Waals surface area (Å²) >= 11 is 0. The fourth-order valence-electron chi connectivity index (χ4n) is 1.24. The number of hydrogen-bond acceptors (Lipinski definition) is 3. The Balaban J connectivity index is 2.92. The lowest BCUT2D eigenvalue weighted by Gasteiger charge is -2.09. The zero-order valence-electron chi connectivity index (χ0n) is 9.58. The molecule has 0 aliphatic heterocycles. The minimum atomic E-state index is -4.57. The van der Waals surface area contributed by atoms with Gasteiger partial charge in [0.1, 0.15) is 5.82 Å². The third kappa shape index (κ3) is 4.08. The molecule has 0 fully saturated rings. The summed E-state index contributed by atoms with van der Waals surface area (Å²) in [7, 11) is 0. The van der Waals surface area contributed by atoms with Gasteiger partial charge in [-0.3, -0.25) is 4.79 Å². The molecule has 3 N–H and O–H groups in total. The molecule has 0 aliphatic carbocycles. The number of carbonyl (C=O) groups excluding carboxylic acids is 1. The molecule has 0 aliphatic rings. The Bertz CT molecular complexity index is 469. The van der Waals surface area contributed by atoms with Crippen LogP contribution in [0.2, 0.25) is 0 Å². The van der Waals surface area contributed by atoms with E-state index in [2.05, 4.69) is 10.3 Å². The van der Waals surface area contributed by atoms with E-state index >= 15 is 0 Å². The van der Waals surface area contributed by atoms with Crippen molar-refractivity contribution in [2.45, 2.75) is 13.1 Å². The highest BCUT2D eigenvalue weighted by molar-refractivity contribution is 5.73. The van der Waals surface area contributed by atoms with Gasteiger partial charge in [-0.25, -0.2) is 4.98 Å². The van der Waals surface area contributed by atoms with Gasteiger partial charge >= 0.3 is 6.18 Å². The maximum atomic E-state index is 12.6. The lowest BCUT2D eigenvalue weighted by Crippen LogP contribution is -2.19. The van der Waals surface area contributed by atoms with Crippen molar-refractivity contribution in [2.24, 2.45) is 0 Å².